The van der Waals surface area contributed by atoms with Crippen LogP contribution in [0.5, 0.6) is 11.5 Å². The molecule has 4 rings (SSSR count). The molecule has 0 saturated heterocycles. The van der Waals surface area contributed by atoms with Crippen molar-refractivity contribution in [2.45, 2.75) is 20.4 Å². The average Bonchev–Trinajstić information content (AvgIpc) is 3.17. The lowest BCUT2D eigenvalue weighted by atomic mass is 10.1. The fraction of sp³-hybridized carbons (Fsp3) is 0.182. The van der Waals surface area contributed by atoms with Crippen LogP contribution in [0.1, 0.15) is 27.0 Å². The number of hydrogen-bond acceptors (Lipinski definition) is 5. The molecule has 0 bridgehead atoms. The Morgan fingerprint density at radius 1 is 1.04 bits per heavy atom. The molecule has 142 valence electrons. The van der Waals surface area contributed by atoms with Crippen LogP contribution in [0.15, 0.2) is 54.7 Å². The van der Waals surface area contributed by atoms with E-state index in [1.54, 1.807) is 18.3 Å². The van der Waals surface area contributed by atoms with E-state index >= 15 is 0 Å². The van der Waals surface area contributed by atoms with Gasteiger partial charge in [0, 0.05) is 24.0 Å². The molecule has 2 aromatic carbocycles. The predicted octanol–water partition coefficient (Wildman–Crippen LogP) is 4.10. The van der Waals surface area contributed by atoms with Crippen LogP contribution < -0.4 is 20.1 Å². The van der Waals surface area contributed by atoms with Crippen LogP contribution in [-0.4, -0.2) is 17.7 Å². The number of carbonyl (C=O) groups is 1. The summed E-state index contributed by atoms with van der Waals surface area (Å²) in [4.78, 5) is 16.9. The van der Waals surface area contributed by atoms with Crippen LogP contribution in [0.4, 0.5) is 11.5 Å². The average molecular weight is 375 g/mol. The number of pyridine rings is 1. The van der Waals surface area contributed by atoms with E-state index in [1.807, 2.05) is 32.0 Å². The Hall–Kier alpha value is -3.54. The molecule has 0 spiro atoms. The molecular formula is C22H21N3O3. The zero-order chi connectivity index (χ0) is 19.5. The standard InChI is InChI=1S/C22H21N3O3/c1-14-3-4-15(2)18(9-14)25-21-11-17(7-8-23-21)22(26)24-12-16-5-6-19-20(10-16)28-13-27-19/h3-11H,12-13H2,1-2H3,(H,23,25)(H,24,26). The highest BCUT2D eigenvalue weighted by Crippen LogP contribution is 2.32. The van der Waals surface area contributed by atoms with Gasteiger partial charge in [0.1, 0.15) is 5.82 Å². The molecule has 0 radical (unpaired) electrons. The van der Waals surface area contributed by atoms with Crippen molar-refractivity contribution in [1.82, 2.24) is 10.3 Å². The number of aryl methyl sites for hydroxylation is 2. The normalized spacial score (nSPS) is 11.9. The maximum absolute atomic E-state index is 12.6. The number of ether oxygens (including phenoxy) is 2. The lowest BCUT2D eigenvalue weighted by Gasteiger charge is -2.11. The summed E-state index contributed by atoms with van der Waals surface area (Å²) in [7, 11) is 0. The zero-order valence-corrected chi connectivity index (χ0v) is 15.8. The smallest absolute Gasteiger partial charge is 0.251 e. The maximum atomic E-state index is 12.6. The molecule has 6 heteroatoms. The minimum Gasteiger partial charge on any atom is -0.454 e. The third kappa shape index (κ3) is 3.91. The Balaban J connectivity index is 1.43. The summed E-state index contributed by atoms with van der Waals surface area (Å²) in [6.07, 6.45) is 1.63. The Labute approximate surface area is 163 Å². The molecule has 2 N–H and O–H groups in total. The van der Waals surface area contributed by atoms with Crippen molar-refractivity contribution in [3.05, 3.63) is 77.0 Å². The molecule has 2 heterocycles. The molecule has 0 aliphatic carbocycles. The van der Waals surface area contributed by atoms with Crippen molar-refractivity contribution in [3.63, 3.8) is 0 Å². The number of rotatable bonds is 5. The van der Waals surface area contributed by atoms with E-state index in [0.29, 0.717) is 23.7 Å². The van der Waals surface area contributed by atoms with Crippen LogP contribution in [0.2, 0.25) is 0 Å². The minimum atomic E-state index is -0.163. The van der Waals surface area contributed by atoms with Gasteiger partial charge in [0.25, 0.3) is 5.91 Å². The molecule has 1 aliphatic rings. The molecule has 0 atom stereocenters. The molecule has 0 saturated carbocycles. The number of nitrogens with one attached hydrogen (secondary N) is 2. The van der Waals surface area contributed by atoms with Gasteiger partial charge in [0.2, 0.25) is 6.79 Å². The number of amides is 1. The van der Waals surface area contributed by atoms with Gasteiger partial charge < -0.3 is 20.1 Å². The van der Waals surface area contributed by atoms with Crippen molar-refractivity contribution >= 4 is 17.4 Å². The van der Waals surface area contributed by atoms with Gasteiger partial charge in [-0.2, -0.15) is 0 Å². The summed E-state index contributed by atoms with van der Waals surface area (Å²) >= 11 is 0. The highest BCUT2D eigenvalue weighted by Gasteiger charge is 2.14. The first kappa shape index (κ1) is 17.9. The third-order valence-electron chi connectivity index (χ3n) is 4.57. The topological polar surface area (TPSA) is 72.5 Å². The predicted molar refractivity (Wildman–Crippen MR) is 107 cm³/mol. The van der Waals surface area contributed by atoms with Gasteiger partial charge >= 0.3 is 0 Å². The maximum Gasteiger partial charge on any atom is 0.251 e. The Morgan fingerprint density at radius 2 is 1.89 bits per heavy atom. The Kier molecular flexibility index (Phi) is 4.85. The second-order valence-corrected chi connectivity index (χ2v) is 6.74. The molecule has 1 aromatic heterocycles. The second-order valence-electron chi connectivity index (χ2n) is 6.74. The first-order valence-electron chi connectivity index (χ1n) is 9.05. The fourth-order valence-electron chi connectivity index (χ4n) is 2.98. The van der Waals surface area contributed by atoms with Crippen LogP contribution in [0.25, 0.3) is 0 Å². The first-order chi connectivity index (χ1) is 13.6. The van der Waals surface area contributed by atoms with E-state index in [-0.39, 0.29) is 12.7 Å². The molecule has 1 amide bonds. The summed E-state index contributed by atoms with van der Waals surface area (Å²) in [5.74, 6) is 1.90. The van der Waals surface area contributed by atoms with Gasteiger partial charge in [-0.25, -0.2) is 4.98 Å². The number of nitrogens with zero attached hydrogens (tertiary/aromatic N) is 1. The van der Waals surface area contributed by atoms with Crippen LogP contribution in [0.3, 0.4) is 0 Å². The first-order valence-corrected chi connectivity index (χ1v) is 9.05. The lowest BCUT2D eigenvalue weighted by molar-refractivity contribution is 0.0950. The van der Waals surface area contributed by atoms with Crippen molar-refractivity contribution in [1.29, 1.82) is 0 Å². The van der Waals surface area contributed by atoms with Gasteiger partial charge in [-0.15, -0.1) is 0 Å². The molecule has 6 nitrogen and oxygen atoms in total. The van der Waals surface area contributed by atoms with Gasteiger partial charge in [-0.1, -0.05) is 18.2 Å². The fourth-order valence-corrected chi connectivity index (χ4v) is 2.98. The number of benzene rings is 2. The van der Waals surface area contributed by atoms with Crippen LogP contribution in [0, 0.1) is 13.8 Å². The third-order valence-corrected chi connectivity index (χ3v) is 4.57. The Morgan fingerprint density at radius 3 is 2.79 bits per heavy atom. The molecule has 28 heavy (non-hydrogen) atoms. The van der Waals surface area contributed by atoms with Crippen LogP contribution >= 0.6 is 0 Å². The van der Waals surface area contributed by atoms with Gasteiger partial charge in [-0.3, -0.25) is 4.79 Å². The van der Waals surface area contributed by atoms with Crippen molar-refractivity contribution in [2.75, 3.05) is 12.1 Å². The van der Waals surface area contributed by atoms with E-state index in [1.165, 1.54) is 0 Å². The number of carbonyl (C=O) groups excluding carboxylic acids is 1. The summed E-state index contributed by atoms with van der Waals surface area (Å²) < 4.78 is 10.7. The van der Waals surface area contributed by atoms with Crippen molar-refractivity contribution < 1.29 is 14.3 Å². The number of aromatic nitrogens is 1. The number of anilines is 2. The second kappa shape index (κ2) is 7.60. The molecule has 0 unspecified atom stereocenters. The highest BCUT2D eigenvalue weighted by molar-refractivity contribution is 5.94. The quantitative estimate of drug-likeness (QED) is 0.702. The summed E-state index contributed by atoms with van der Waals surface area (Å²) in [5, 5.41) is 6.22. The van der Waals surface area contributed by atoms with Crippen molar-refractivity contribution in [3.8, 4) is 11.5 Å². The van der Waals surface area contributed by atoms with E-state index in [0.717, 1.165) is 28.1 Å². The van der Waals surface area contributed by atoms with Gasteiger partial charge in [0.15, 0.2) is 11.5 Å². The SMILES string of the molecule is Cc1ccc(C)c(Nc2cc(C(=O)NCc3ccc4c(c3)OCO4)ccn2)c1. The van der Waals surface area contributed by atoms with E-state index in [4.69, 9.17) is 9.47 Å². The minimum absolute atomic E-state index is 0.163. The molecule has 3 aromatic rings. The highest BCUT2D eigenvalue weighted by atomic mass is 16.7. The summed E-state index contributed by atoms with van der Waals surface area (Å²) in [6, 6.07) is 15.3. The number of fused-ring (bicyclic) bond motifs is 1. The van der Waals surface area contributed by atoms with E-state index in [9.17, 15) is 4.79 Å². The van der Waals surface area contributed by atoms with Gasteiger partial charge in [-0.05, 0) is 60.9 Å². The monoisotopic (exact) mass is 375 g/mol. The van der Waals surface area contributed by atoms with Crippen molar-refractivity contribution in [2.24, 2.45) is 0 Å². The molecule has 0 fully saturated rings. The number of hydrogen-bond donors (Lipinski definition) is 2. The lowest BCUT2D eigenvalue weighted by Crippen LogP contribution is -2.22. The summed E-state index contributed by atoms with van der Waals surface area (Å²) in [5.41, 5.74) is 4.74. The molecule has 1 aliphatic heterocycles. The largest absolute Gasteiger partial charge is 0.454 e. The molecular weight excluding hydrogens is 354 g/mol. The van der Waals surface area contributed by atoms with E-state index in [2.05, 4.69) is 33.8 Å². The zero-order valence-electron chi connectivity index (χ0n) is 15.8. The summed E-state index contributed by atoms with van der Waals surface area (Å²) in [6.45, 7) is 4.71. The van der Waals surface area contributed by atoms with E-state index < -0.39 is 0 Å². The van der Waals surface area contributed by atoms with Crippen LogP contribution in [-0.2, 0) is 6.54 Å². The van der Waals surface area contributed by atoms with Gasteiger partial charge in [0.05, 0.1) is 0 Å². The Bertz CT molecular complexity index is 1030.